The van der Waals surface area contributed by atoms with E-state index in [1.54, 1.807) is 85.9 Å². The van der Waals surface area contributed by atoms with Gasteiger partial charge in [0.05, 0.1) is 73.2 Å². The number of aliphatic hydroxyl groups is 11. The number of unbranched alkanes of at least 4 members (excludes halogenated alkanes) is 1. The van der Waals surface area contributed by atoms with Gasteiger partial charge < -0.3 is 67.2 Å². The van der Waals surface area contributed by atoms with E-state index in [-0.39, 0.29) is 69.6 Å². The van der Waals surface area contributed by atoms with Crippen LogP contribution in [0.3, 0.4) is 0 Å². The molecule has 1 rings (SSSR count). The first-order valence-corrected chi connectivity index (χ1v) is 32.2. The third-order valence-electron chi connectivity index (χ3n) is 15.2. The number of nitrogens with one attached hydrogen (secondary N) is 1. The van der Waals surface area contributed by atoms with Crippen molar-refractivity contribution < 1.29 is 78.1 Å². The molecule has 17 unspecified atom stereocenters. The minimum atomic E-state index is -4.94. The highest BCUT2D eigenvalue weighted by atomic mass is 32.3. The van der Waals surface area contributed by atoms with Crippen LogP contribution in [0.2, 0.25) is 0 Å². The molecule has 0 saturated heterocycles. The summed E-state index contributed by atoms with van der Waals surface area (Å²) in [4.78, 5) is 17.4. The minimum absolute atomic E-state index is 0.00663. The first-order chi connectivity index (χ1) is 40.8. The predicted molar refractivity (Wildman–Crippen MR) is 341 cm³/mol. The summed E-state index contributed by atoms with van der Waals surface area (Å²) in [6, 6.07) is 0. The fourth-order valence-electron chi connectivity index (χ4n) is 9.84. The molecule has 0 spiro atoms. The Kier molecular flexibility index (Phi) is 43.9. The van der Waals surface area contributed by atoms with Crippen molar-refractivity contribution in [2.75, 3.05) is 13.1 Å². The van der Waals surface area contributed by atoms with E-state index in [2.05, 4.69) is 23.8 Å². The second kappa shape index (κ2) is 47.5. The van der Waals surface area contributed by atoms with Crippen molar-refractivity contribution in [3.05, 3.63) is 134 Å². The average molecular weight is 1230 g/mol. The van der Waals surface area contributed by atoms with E-state index in [4.69, 9.17) is 9.92 Å². The van der Waals surface area contributed by atoms with Crippen molar-refractivity contribution >= 4 is 22.1 Å². The summed E-state index contributed by atoms with van der Waals surface area (Å²) in [5, 5.41) is 118. The summed E-state index contributed by atoms with van der Waals surface area (Å²) in [6.45, 7) is 12.4. The Bertz CT molecular complexity index is 2280. The molecule has 0 aromatic heterocycles. The summed E-state index contributed by atoms with van der Waals surface area (Å²) in [5.74, 6) is -0.260. The standard InChI is InChI=1S/C66H109N3O16S/c1-6-7-8-18-28-49(3)65(81)51(5)62(79)37-19-16-14-12-10-9-11-13-15-17-20-38-64(85-86(82,83)84)50(4)63(80)47-61(78)46-58(75)35-25-34-57(74)45-60(77)44-56(73)33-24-32-54(71)42-53(70)30-23-31-55(72)43-59(76)36-26-40-68-66(67)69-41-39-52-29-22-21-27-48(52)2/h6,9-20,23-25,28,30,33,35,37,48-62,64-65,70-79,81H,1,7-8,21-22,26-27,29,31-32,34,36,38-47H2,2-5H3,(H3,67,68,69)(H,82,83,84)/b11-9+,12-10+,15-13+,16-14+,20-17+,28-18+,30-23+,33-24+,35-25+,37-19+. The van der Waals surface area contributed by atoms with Crippen molar-refractivity contribution in [3.63, 3.8) is 0 Å². The number of aliphatic imine (C=N–C) groups is 1. The van der Waals surface area contributed by atoms with E-state index >= 15 is 0 Å². The largest absolute Gasteiger partial charge is 0.397 e. The van der Waals surface area contributed by atoms with E-state index in [9.17, 15) is 73.9 Å². The van der Waals surface area contributed by atoms with Crippen LogP contribution in [-0.4, -0.2) is 167 Å². The smallest absolute Gasteiger partial charge is 0.393 e. The van der Waals surface area contributed by atoms with Crippen LogP contribution in [0, 0.1) is 29.6 Å². The lowest BCUT2D eigenvalue weighted by Crippen LogP contribution is -2.34. The lowest BCUT2D eigenvalue weighted by Gasteiger charge is -2.28. The van der Waals surface area contributed by atoms with Gasteiger partial charge in [0.1, 0.15) is 5.78 Å². The Morgan fingerprint density at radius 1 is 0.628 bits per heavy atom. The number of hydrogen-bond donors (Lipinski definition) is 14. The van der Waals surface area contributed by atoms with Crippen molar-refractivity contribution in [3.8, 4) is 0 Å². The van der Waals surface area contributed by atoms with Gasteiger partial charge in [-0.05, 0) is 82.5 Å². The second-order valence-corrected chi connectivity index (χ2v) is 24.1. The molecule has 0 bridgehead atoms. The summed E-state index contributed by atoms with van der Waals surface area (Å²) >= 11 is 0. The van der Waals surface area contributed by atoms with E-state index < -0.39 is 102 Å². The number of carbonyl (C=O) groups excluding carboxylic acids is 1. The molecule has 1 aliphatic carbocycles. The van der Waals surface area contributed by atoms with Gasteiger partial charge in [-0.25, -0.2) is 4.18 Å². The number of aliphatic hydroxyl groups excluding tert-OH is 11. The fourth-order valence-corrected chi connectivity index (χ4v) is 10.4. The van der Waals surface area contributed by atoms with E-state index in [0.717, 1.165) is 37.6 Å². The Balaban J connectivity index is 2.40. The summed E-state index contributed by atoms with van der Waals surface area (Å²) in [7, 11) is -4.94. The second-order valence-electron chi connectivity index (χ2n) is 23.0. The molecule has 0 heterocycles. The highest BCUT2D eigenvalue weighted by Gasteiger charge is 2.30. The molecule has 0 radical (unpaired) electrons. The molecule has 1 saturated carbocycles. The van der Waals surface area contributed by atoms with Crippen LogP contribution < -0.4 is 11.1 Å². The zero-order valence-corrected chi connectivity index (χ0v) is 52.2. The zero-order chi connectivity index (χ0) is 64.3. The first-order valence-electron chi connectivity index (χ1n) is 30.8. The first kappa shape index (κ1) is 79.5. The SMILES string of the molecule is C=CCC/C=C/C(C)C(O)C(C)C(O)/C=C/C=C/C=C/C=C/C=C/C=C/CC(OS(=O)(=O)O)C(C)C(=O)CC(O)CC(O)/C=C/CC(O)CC(O)CC(O)/C=C/CC(O)CC(O)/C=C/CC(O)CC(O)CCCN=C(N)NCCC1CCCCC1C. The fraction of sp³-hybridized carbons (Fsp3) is 0.636. The Hall–Kier alpha value is -4.49. The van der Waals surface area contributed by atoms with Gasteiger partial charge in [-0.3, -0.25) is 14.3 Å². The van der Waals surface area contributed by atoms with E-state index in [1.807, 2.05) is 25.2 Å². The zero-order valence-electron chi connectivity index (χ0n) is 51.4. The lowest BCUT2D eigenvalue weighted by atomic mass is 9.79. The molecule has 86 heavy (non-hydrogen) atoms. The third kappa shape index (κ3) is 41.6. The molecule has 20 heteroatoms. The lowest BCUT2D eigenvalue weighted by molar-refractivity contribution is -0.127. The molecular weight excluding hydrogens is 1120 g/mol. The number of ketones is 1. The highest BCUT2D eigenvalue weighted by molar-refractivity contribution is 7.80. The van der Waals surface area contributed by atoms with Gasteiger partial charge >= 0.3 is 10.4 Å². The number of Topliss-reactive ketones (excluding diaryl/α,β-unsaturated/α-hetero) is 1. The van der Waals surface area contributed by atoms with Crippen LogP contribution in [0.25, 0.3) is 0 Å². The Morgan fingerprint density at radius 3 is 1.70 bits per heavy atom. The van der Waals surface area contributed by atoms with Crippen molar-refractivity contribution in [1.29, 1.82) is 0 Å². The van der Waals surface area contributed by atoms with Gasteiger partial charge in [-0.15, -0.1) is 6.58 Å². The van der Waals surface area contributed by atoms with Crippen LogP contribution in [0.15, 0.2) is 139 Å². The van der Waals surface area contributed by atoms with Gasteiger partial charge in [0, 0.05) is 56.5 Å². The Labute approximate surface area is 514 Å². The topological polar surface area (TPSA) is 354 Å². The summed E-state index contributed by atoms with van der Waals surface area (Å²) in [5.41, 5.74) is 6.00. The predicted octanol–water partition coefficient (Wildman–Crippen LogP) is 6.95. The van der Waals surface area contributed by atoms with Gasteiger partial charge in [0.15, 0.2) is 5.96 Å². The van der Waals surface area contributed by atoms with Crippen LogP contribution >= 0.6 is 0 Å². The monoisotopic (exact) mass is 1230 g/mol. The molecule has 15 N–H and O–H groups in total. The van der Waals surface area contributed by atoms with Gasteiger partial charge in [-0.1, -0.05) is 181 Å². The minimum Gasteiger partial charge on any atom is -0.393 e. The number of carbonyl (C=O) groups is 1. The summed E-state index contributed by atoms with van der Waals surface area (Å²) in [6.07, 6.45) is 31.3. The average Bonchev–Trinajstić information content (AvgIpc) is 3.63. The number of hydrogen-bond acceptors (Lipinski definition) is 16. The van der Waals surface area contributed by atoms with Crippen LogP contribution in [0.5, 0.6) is 0 Å². The normalized spacial score (nSPS) is 21.5. The highest BCUT2D eigenvalue weighted by Crippen LogP contribution is 2.31. The number of allylic oxidation sites excluding steroid dienone is 12. The van der Waals surface area contributed by atoms with Crippen molar-refractivity contribution in [2.24, 2.45) is 40.3 Å². The molecule has 0 amide bonds. The van der Waals surface area contributed by atoms with Gasteiger partial charge in [0.25, 0.3) is 0 Å². The number of nitrogens with two attached hydrogens (primary N) is 1. The number of guanidine groups is 1. The molecule has 1 aliphatic rings. The third-order valence-corrected chi connectivity index (χ3v) is 15.7. The molecule has 19 nitrogen and oxygen atoms in total. The number of rotatable bonds is 47. The van der Waals surface area contributed by atoms with E-state index in [1.165, 1.54) is 63.0 Å². The molecule has 17 atom stereocenters. The maximum absolute atomic E-state index is 13.1. The molecule has 490 valence electrons. The summed E-state index contributed by atoms with van der Waals surface area (Å²) < 4.78 is 37.4. The molecule has 0 aromatic carbocycles. The van der Waals surface area contributed by atoms with Crippen molar-refractivity contribution in [1.82, 2.24) is 5.32 Å². The Morgan fingerprint density at radius 2 is 1.14 bits per heavy atom. The molecular formula is C66H109N3O16S. The van der Waals surface area contributed by atoms with Crippen LogP contribution in [0.1, 0.15) is 150 Å². The molecule has 1 fully saturated rings. The maximum atomic E-state index is 13.1. The van der Waals surface area contributed by atoms with Crippen molar-refractivity contribution in [2.45, 2.75) is 223 Å². The quantitative estimate of drug-likeness (QED) is 0.00731. The molecule has 0 aromatic rings. The van der Waals surface area contributed by atoms with Gasteiger partial charge in [-0.2, -0.15) is 8.42 Å². The number of nitrogens with zero attached hydrogens (tertiary/aromatic N) is 1. The van der Waals surface area contributed by atoms with Crippen LogP contribution in [-0.2, 0) is 19.4 Å². The maximum Gasteiger partial charge on any atom is 0.397 e. The van der Waals surface area contributed by atoms with E-state index in [0.29, 0.717) is 25.3 Å². The van der Waals surface area contributed by atoms with Gasteiger partial charge in [0.2, 0.25) is 0 Å². The van der Waals surface area contributed by atoms with Crippen LogP contribution in [0.4, 0.5) is 0 Å². The molecule has 0 aliphatic heterocycles.